The molecule has 0 bridgehead atoms. The van der Waals surface area contributed by atoms with Crippen molar-refractivity contribution in [1.29, 1.82) is 0 Å². The fourth-order valence-corrected chi connectivity index (χ4v) is 1.86. The number of aryl methyl sites for hydroxylation is 2. The lowest BCUT2D eigenvalue weighted by Crippen LogP contribution is -1.90. The Kier molecular flexibility index (Phi) is 3.31. The highest BCUT2D eigenvalue weighted by atomic mass is 32.1. The molecule has 4 heteroatoms. The normalized spacial score (nSPS) is 10.9. The van der Waals surface area contributed by atoms with Crippen molar-refractivity contribution < 1.29 is 0 Å². The molecule has 0 fully saturated rings. The van der Waals surface area contributed by atoms with Crippen LogP contribution in [-0.2, 0) is 0 Å². The first-order chi connectivity index (χ1) is 7.74. The van der Waals surface area contributed by atoms with Crippen LogP contribution in [0.15, 0.2) is 34.7 Å². The van der Waals surface area contributed by atoms with Crippen molar-refractivity contribution in [3.8, 4) is 0 Å². The van der Waals surface area contributed by atoms with Crippen LogP contribution >= 0.6 is 11.3 Å². The lowest BCUT2D eigenvalue weighted by molar-refractivity contribution is 1.22. The van der Waals surface area contributed by atoms with Gasteiger partial charge in [-0.1, -0.05) is 29.8 Å². The molecular formula is C12H13N3S. The summed E-state index contributed by atoms with van der Waals surface area (Å²) < 4.78 is 0. The first kappa shape index (κ1) is 10.8. The third-order valence-electron chi connectivity index (χ3n) is 2.07. The van der Waals surface area contributed by atoms with E-state index < -0.39 is 0 Å². The Hall–Kier alpha value is -1.68. The molecule has 2 rings (SSSR count). The number of hydrazone groups is 1. The second-order valence-corrected chi connectivity index (χ2v) is 4.43. The molecule has 1 aromatic carbocycles. The van der Waals surface area contributed by atoms with Gasteiger partial charge in [-0.2, -0.15) is 5.10 Å². The maximum atomic E-state index is 4.25. The van der Waals surface area contributed by atoms with Crippen LogP contribution in [0.25, 0.3) is 0 Å². The summed E-state index contributed by atoms with van der Waals surface area (Å²) in [7, 11) is 0. The third kappa shape index (κ3) is 2.90. The number of thiazole rings is 1. The molecule has 0 spiro atoms. The number of anilines is 1. The van der Waals surface area contributed by atoms with Crippen LogP contribution in [0.4, 0.5) is 5.13 Å². The zero-order chi connectivity index (χ0) is 11.4. The van der Waals surface area contributed by atoms with E-state index in [1.807, 2.05) is 24.4 Å². The van der Waals surface area contributed by atoms with Gasteiger partial charge in [0.25, 0.3) is 0 Å². The van der Waals surface area contributed by atoms with Gasteiger partial charge in [0.2, 0.25) is 5.13 Å². The molecule has 0 radical (unpaired) electrons. The minimum Gasteiger partial charge on any atom is -0.253 e. The van der Waals surface area contributed by atoms with Crippen molar-refractivity contribution in [3.05, 3.63) is 46.5 Å². The number of benzene rings is 1. The maximum Gasteiger partial charge on any atom is 0.203 e. The lowest BCUT2D eigenvalue weighted by Gasteiger charge is -1.95. The molecule has 0 aliphatic carbocycles. The van der Waals surface area contributed by atoms with Crippen LogP contribution in [0.2, 0.25) is 0 Å². The highest BCUT2D eigenvalue weighted by Crippen LogP contribution is 2.13. The van der Waals surface area contributed by atoms with E-state index in [1.54, 1.807) is 17.6 Å². The number of hydrogen-bond acceptors (Lipinski definition) is 4. The first-order valence-corrected chi connectivity index (χ1v) is 5.90. The number of rotatable bonds is 3. The quantitative estimate of drug-likeness (QED) is 0.650. The van der Waals surface area contributed by atoms with E-state index in [0.717, 1.165) is 16.4 Å². The second kappa shape index (κ2) is 4.90. The van der Waals surface area contributed by atoms with Gasteiger partial charge in [0.15, 0.2) is 0 Å². The Balaban J connectivity index is 1.97. The summed E-state index contributed by atoms with van der Waals surface area (Å²) in [5.74, 6) is 0. The van der Waals surface area contributed by atoms with E-state index in [-0.39, 0.29) is 0 Å². The zero-order valence-corrected chi connectivity index (χ0v) is 10.1. The molecule has 0 atom stereocenters. The minimum atomic E-state index is 0.820. The van der Waals surface area contributed by atoms with E-state index in [4.69, 9.17) is 0 Å². The average molecular weight is 231 g/mol. The predicted octanol–water partition coefficient (Wildman–Crippen LogP) is 3.21. The highest BCUT2D eigenvalue weighted by molar-refractivity contribution is 7.13. The minimum absolute atomic E-state index is 0.820. The van der Waals surface area contributed by atoms with Crippen molar-refractivity contribution in [1.82, 2.24) is 4.98 Å². The van der Waals surface area contributed by atoms with Crippen molar-refractivity contribution in [2.24, 2.45) is 5.10 Å². The molecule has 82 valence electrons. The van der Waals surface area contributed by atoms with Crippen LogP contribution in [0.1, 0.15) is 16.8 Å². The van der Waals surface area contributed by atoms with E-state index >= 15 is 0 Å². The molecule has 0 unspecified atom stereocenters. The molecular weight excluding hydrogens is 218 g/mol. The smallest absolute Gasteiger partial charge is 0.203 e. The van der Waals surface area contributed by atoms with Gasteiger partial charge in [-0.3, -0.25) is 5.43 Å². The Morgan fingerprint density at radius 1 is 1.25 bits per heavy atom. The Morgan fingerprint density at radius 3 is 2.62 bits per heavy atom. The van der Waals surface area contributed by atoms with Crippen molar-refractivity contribution in [3.63, 3.8) is 0 Å². The summed E-state index contributed by atoms with van der Waals surface area (Å²) in [5, 5.41) is 6.94. The lowest BCUT2D eigenvalue weighted by atomic mass is 10.2. The van der Waals surface area contributed by atoms with E-state index in [1.165, 1.54) is 5.56 Å². The van der Waals surface area contributed by atoms with Gasteiger partial charge in [-0.25, -0.2) is 4.98 Å². The molecule has 0 amide bonds. The van der Waals surface area contributed by atoms with Crippen LogP contribution in [0, 0.1) is 13.8 Å². The summed E-state index contributed by atoms with van der Waals surface area (Å²) in [6.45, 7) is 4.03. The van der Waals surface area contributed by atoms with E-state index in [2.05, 4.69) is 34.6 Å². The summed E-state index contributed by atoms with van der Waals surface area (Å²) >= 11 is 1.55. The topological polar surface area (TPSA) is 37.3 Å². The molecule has 2 aromatic rings. The molecule has 3 nitrogen and oxygen atoms in total. The molecule has 0 aliphatic rings. The number of nitrogens with zero attached hydrogens (tertiary/aromatic N) is 2. The SMILES string of the molecule is Cc1ccc(/C=N\Nc2nc(C)cs2)cc1. The fourth-order valence-electron chi connectivity index (χ4n) is 1.22. The van der Waals surface area contributed by atoms with Gasteiger partial charge >= 0.3 is 0 Å². The summed E-state index contributed by atoms with van der Waals surface area (Å²) in [4.78, 5) is 4.25. The fraction of sp³-hybridized carbons (Fsp3) is 0.167. The largest absolute Gasteiger partial charge is 0.253 e. The number of hydrogen-bond donors (Lipinski definition) is 1. The molecule has 16 heavy (non-hydrogen) atoms. The van der Waals surface area contributed by atoms with Crippen LogP contribution in [-0.4, -0.2) is 11.2 Å². The van der Waals surface area contributed by atoms with Gasteiger partial charge in [0, 0.05) is 5.38 Å². The monoisotopic (exact) mass is 231 g/mol. The summed E-state index contributed by atoms with van der Waals surface area (Å²) in [5.41, 5.74) is 6.24. The highest BCUT2D eigenvalue weighted by Gasteiger charge is 1.94. The predicted molar refractivity (Wildman–Crippen MR) is 69.2 cm³/mol. The van der Waals surface area contributed by atoms with Crippen molar-refractivity contribution in [2.75, 3.05) is 5.43 Å². The van der Waals surface area contributed by atoms with Crippen LogP contribution in [0.3, 0.4) is 0 Å². The van der Waals surface area contributed by atoms with Gasteiger partial charge in [-0.05, 0) is 19.4 Å². The van der Waals surface area contributed by atoms with Crippen molar-refractivity contribution in [2.45, 2.75) is 13.8 Å². The first-order valence-electron chi connectivity index (χ1n) is 5.02. The summed E-state index contributed by atoms with van der Waals surface area (Å²) in [6, 6.07) is 8.20. The maximum absolute atomic E-state index is 4.25. The van der Waals surface area contributed by atoms with E-state index in [0.29, 0.717) is 0 Å². The molecule has 1 aromatic heterocycles. The Morgan fingerprint density at radius 2 is 2.00 bits per heavy atom. The van der Waals surface area contributed by atoms with Crippen LogP contribution < -0.4 is 5.43 Å². The van der Waals surface area contributed by atoms with Gasteiger partial charge in [0.05, 0.1) is 11.9 Å². The third-order valence-corrected chi connectivity index (χ3v) is 2.93. The molecule has 1 N–H and O–H groups in total. The molecule has 0 saturated carbocycles. The van der Waals surface area contributed by atoms with Crippen molar-refractivity contribution >= 4 is 22.7 Å². The van der Waals surface area contributed by atoms with E-state index in [9.17, 15) is 0 Å². The zero-order valence-electron chi connectivity index (χ0n) is 9.27. The molecule has 0 aliphatic heterocycles. The van der Waals surface area contributed by atoms with Crippen LogP contribution in [0.5, 0.6) is 0 Å². The number of aromatic nitrogens is 1. The summed E-state index contributed by atoms with van der Waals surface area (Å²) in [6.07, 6.45) is 1.79. The molecule has 0 saturated heterocycles. The van der Waals surface area contributed by atoms with Gasteiger partial charge in [-0.15, -0.1) is 11.3 Å². The Bertz CT molecular complexity index is 485. The average Bonchev–Trinajstić information content (AvgIpc) is 2.67. The second-order valence-electron chi connectivity index (χ2n) is 3.57. The Labute approximate surface area is 98.9 Å². The number of nitrogens with one attached hydrogen (secondary N) is 1. The molecule has 1 heterocycles. The van der Waals surface area contributed by atoms with Gasteiger partial charge < -0.3 is 0 Å². The van der Waals surface area contributed by atoms with Gasteiger partial charge in [0.1, 0.15) is 0 Å². The standard InChI is InChI=1S/C12H13N3S/c1-9-3-5-11(6-4-9)7-13-15-12-14-10(2)8-16-12/h3-8H,1-2H3,(H,14,15)/b13-7-.